The van der Waals surface area contributed by atoms with E-state index in [4.69, 9.17) is 17.2 Å². The predicted octanol–water partition coefficient (Wildman–Crippen LogP) is -0.757. The minimum Gasteiger partial charge on any atom is -0.480 e. The number of rotatable bonds is 19. The van der Waals surface area contributed by atoms with Crippen LogP contribution in [0.25, 0.3) is 0 Å². The lowest BCUT2D eigenvalue weighted by molar-refractivity contribution is -0.142. The molecule has 4 unspecified atom stereocenters. The molecule has 12 nitrogen and oxygen atoms in total. The number of amides is 4. The number of unbranched alkanes of at least 4 members (excludes halogenated alkanes) is 1. The third kappa shape index (κ3) is 12.9. The summed E-state index contributed by atoms with van der Waals surface area (Å²) in [6.07, 6.45) is 3.38. The van der Waals surface area contributed by atoms with Gasteiger partial charge >= 0.3 is 5.97 Å². The number of aliphatic carboxylic acids is 1. The quantitative estimate of drug-likeness (QED) is 0.107. The smallest absolute Gasteiger partial charge is 0.326 e. The Balaban J connectivity index is 2.94. The van der Waals surface area contributed by atoms with E-state index in [9.17, 15) is 29.1 Å². The molecule has 0 bridgehead atoms. The van der Waals surface area contributed by atoms with Crippen molar-refractivity contribution in [2.45, 2.75) is 69.1 Å². The third-order valence-corrected chi connectivity index (χ3v) is 6.40. The lowest BCUT2D eigenvalue weighted by Crippen LogP contribution is -2.57. The second-order valence-corrected chi connectivity index (χ2v) is 9.87. The molecule has 0 spiro atoms. The Morgan fingerprint density at radius 1 is 0.868 bits per heavy atom. The predicted molar refractivity (Wildman–Crippen MR) is 146 cm³/mol. The van der Waals surface area contributed by atoms with E-state index < -0.39 is 53.8 Å². The molecule has 0 fully saturated rings. The Bertz CT molecular complexity index is 919. The maximum atomic E-state index is 13.2. The number of hydrogen-bond acceptors (Lipinski definition) is 8. The summed E-state index contributed by atoms with van der Waals surface area (Å²) in [5, 5.41) is 17.1. The number of carboxylic acids is 1. The summed E-state index contributed by atoms with van der Waals surface area (Å²) in [4.78, 5) is 61.5. The number of benzene rings is 1. The highest BCUT2D eigenvalue weighted by Crippen LogP contribution is 2.08. The van der Waals surface area contributed by atoms with Crippen molar-refractivity contribution >= 4 is 41.4 Å². The first-order valence-corrected chi connectivity index (χ1v) is 13.9. The largest absolute Gasteiger partial charge is 0.480 e. The molecule has 0 radical (unpaired) electrons. The minimum atomic E-state index is -1.35. The zero-order valence-corrected chi connectivity index (χ0v) is 22.5. The molecule has 1 aromatic carbocycles. The monoisotopic (exact) mass is 552 g/mol. The van der Waals surface area contributed by atoms with Crippen LogP contribution >= 0.6 is 11.8 Å². The van der Waals surface area contributed by atoms with Crippen molar-refractivity contribution in [3.63, 3.8) is 0 Å². The summed E-state index contributed by atoms with van der Waals surface area (Å²) in [6, 6.07) is 4.97. The summed E-state index contributed by atoms with van der Waals surface area (Å²) in [5.41, 5.74) is 17.6. The number of hydrogen-bond donors (Lipinski definition) is 7. The molecule has 0 aliphatic carbocycles. The molecule has 0 saturated heterocycles. The van der Waals surface area contributed by atoms with Crippen LogP contribution in [0.4, 0.5) is 0 Å². The number of carboxylic acid groups (broad SMARTS) is 1. The molecular weight excluding hydrogens is 512 g/mol. The molecule has 0 heterocycles. The van der Waals surface area contributed by atoms with Crippen molar-refractivity contribution in [3.8, 4) is 0 Å². The highest BCUT2D eigenvalue weighted by molar-refractivity contribution is 7.98. The van der Waals surface area contributed by atoms with E-state index in [1.807, 2.05) is 36.6 Å². The average molecular weight is 553 g/mol. The maximum absolute atomic E-state index is 13.2. The van der Waals surface area contributed by atoms with E-state index in [1.54, 1.807) is 0 Å². The van der Waals surface area contributed by atoms with Crippen molar-refractivity contribution in [3.05, 3.63) is 35.9 Å². The average Bonchev–Trinajstić information content (AvgIpc) is 2.88. The molecule has 0 saturated carbocycles. The molecular formula is C25H40N6O6S. The summed E-state index contributed by atoms with van der Waals surface area (Å²) in [5.74, 6) is -3.33. The minimum absolute atomic E-state index is 0.184. The van der Waals surface area contributed by atoms with Gasteiger partial charge < -0.3 is 38.3 Å². The Morgan fingerprint density at radius 2 is 1.45 bits per heavy atom. The van der Waals surface area contributed by atoms with Gasteiger partial charge in [0.2, 0.25) is 23.6 Å². The van der Waals surface area contributed by atoms with Crippen molar-refractivity contribution in [2.24, 2.45) is 17.2 Å². The number of primary amides is 1. The Labute approximate surface area is 227 Å². The SMILES string of the molecule is CSCCC(NC(=O)C(CCCCN)NC(=O)C(N)Cc1ccccc1)C(=O)NC(CCC(N)=O)C(=O)O. The van der Waals surface area contributed by atoms with E-state index in [2.05, 4.69) is 16.0 Å². The molecule has 1 rings (SSSR count). The first kappa shape index (κ1) is 32.9. The molecule has 0 aliphatic heterocycles. The van der Waals surface area contributed by atoms with Crippen LogP contribution in [-0.4, -0.2) is 77.4 Å². The van der Waals surface area contributed by atoms with E-state index in [0.29, 0.717) is 25.1 Å². The molecule has 4 amide bonds. The van der Waals surface area contributed by atoms with E-state index in [-0.39, 0.29) is 32.1 Å². The van der Waals surface area contributed by atoms with Crippen LogP contribution in [0.15, 0.2) is 30.3 Å². The van der Waals surface area contributed by atoms with Gasteiger partial charge in [-0.2, -0.15) is 11.8 Å². The molecule has 0 aromatic heterocycles. The fraction of sp³-hybridized carbons (Fsp3) is 0.560. The Hall–Kier alpha value is -3.16. The van der Waals surface area contributed by atoms with Crippen LogP contribution in [0.2, 0.25) is 0 Å². The first-order valence-electron chi connectivity index (χ1n) is 12.5. The van der Waals surface area contributed by atoms with Crippen molar-refractivity contribution < 1.29 is 29.1 Å². The summed E-state index contributed by atoms with van der Waals surface area (Å²) >= 11 is 1.45. The van der Waals surface area contributed by atoms with Gasteiger partial charge in [-0.3, -0.25) is 19.2 Å². The lowest BCUT2D eigenvalue weighted by atomic mass is 10.0. The topological polar surface area (TPSA) is 220 Å². The fourth-order valence-electron chi connectivity index (χ4n) is 3.59. The second-order valence-electron chi connectivity index (χ2n) is 8.89. The van der Waals surface area contributed by atoms with Gasteiger partial charge in [-0.05, 0) is 62.6 Å². The van der Waals surface area contributed by atoms with E-state index in [0.717, 1.165) is 5.56 Å². The number of thioether (sulfide) groups is 1. The van der Waals surface area contributed by atoms with Crippen LogP contribution in [0.3, 0.4) is 0 Å². The normalized spacial score (nSPS) is 14.0. The van der Waals surface area contributed by atoms with Crippen molar-refractivity contribution in [1.82, 2.24) is 16.0 Å². The summed E-state index contributed by atoms with van der Waals surface area (Å²) in [7, 11) is 0. The Morgan fingerprint density at radius 3 is 2.00 bits per heavy atom. The number of nitrogens with one attached hydrogen (secondary N) is 3. The highest BCUT2D eigenvalue weighted by Gasteiger charge is 2.30. The van der Waals surface area contributed by atoms with Gasteiger partial charge in [0.15, 0.2) is 0 Å². The lowest BCUT2D eigenvalue weighted by Gasteiger charge is -2.25. The molecule has 1 aromatic rings. The van der Waals surface area contributed by atoms with Gasteiger partial charge in [-0.1, -0.05) is 30.3 Å². The molecule has 212 valence electrons. The van der Waals surface area contributed by atoms with Crippen LogP contribution < -0.4 is 33.2 Å². The zero-order chi connectivity index (χ0) is 28.5. The number of nitrogens with two attached hydrogens (primary N) is 3. The van der Waals surface area contributed by atoms with Gasteiger partial charge in [-0.25, -0.2) is 4.79 Å². The van der Waals surface area contributed by atoms with E-state index in [1.165, 1.54) is 11.8 Å². The highest BCUT2D eigenvalue weighted by atomic mass is 32.2. The van der Waals surface area contributed by atoms with Crippen molar-refractivity contribution in [2.75, 3.05) is 18.6 Å². The fourth-order valence-corrected chi connectivity index (χ4v) is 4.07. The number of carbonyl (C=O) groups is 5. The standard InChI is InChI=1S/C25H40N6O6S/c1-38-14-12-19(24(35)31-20(25(36)37)10-11-21(28)32)30-23(34)18(9-5-6-13-26)29-22(33)17(27)15-16-7-3-2-4-8-16/h2-4,7-8,17-20H,5-6,9-15,26-27H2,1H3,(H2,28,32)(H,29,33)(H,30,34)(H,31,35)(H,36,37). The molecule has 4 atom stereocenters. The van der Waals surface area contributed by atoms with Crippen LogP contribution in [-0.2, 0) is 30.4 Å². The van der Waals surface area contributed by atoms with Gasteiger partial charge in [0, 0.05) is 6.42 Å². The summed E-state index contributed by atoms with van der Waals surface area (Å²) < 4.78 is 0. The first-order chi connectivity index (χ1) is 18.1. The van der Waals surface area contributed by atoms with Gasteiger partial charge in [0.05, 0.1) is 6.04 Å². The zero-order valence-electron chi connectivity index (χ0n) is 21.7. The van der Waals surface area contributed by atoms with Gasteiger partial charge in [-0.15, -0.1) is 0 Å². The van der Waals surface area contributed by atoms with Gasteiger partial charge in [0.1, 0.15) is 18.1 Å². The van der Waals surface area contributed by atoms with Gasteiger partial charge in [0.25, 0.3) is 0 Å². The molecule has 38 heavy (non-hydrogen) atoms. The van der Waals surface area contributed by atoms with Crippen LogP contribution in [0, 0.1) is 0 Å². The third-order valence-electron chi connectivity index (χ3n) is 5.75. The maximum Gasteiger partial charge on any atom is 0.326 e. The second kappa shape index (κ2) is 18.2. The molecule has 13 heteroatoms. The number of carbonyl (C=O) groups excluding carboxylic acids is 4. The van der Waals surface area contributed by atoms with Crippen LogP contribution in [0.1, 0.15) is 44.1 Å². The van der Waals surface area contributed by atoms with E-state index >= 15 is 0 Å². The van der Waals surface area contributed by atoms with Crippen LogP contribution in [0.5, 0.6) is 0 Å². The summed E-state index contributed by atoms with van der Waals surface area (Å²) in [6.45, 7) is 0.413. The Kier molecular flexibility index (Phi) is 15.7. The van der Waals surface area contributed by atoms with Crippen molar-refractivity contribution in [1.29, 1.82) is 0 Å². The molecule has 10 N–H and O–H groups in total. The molecule has 0 aliphatic rings.